The first-order valence-electron chi connectivity index (χ1n) is 9.80. The van der Waals surface area contributed by atoms with Crippen LogP contribution in [-0.2, 0) is 9.47 Å². The number of allylic oxidation sites excluding steroid dienone is 2. The Labute approximate surface area is 137 Å². The SMILES string of the molecule is CCCCCCCCCCCC=C1CCC2(CC1)OCCO2. The Balaban J connectivity index is 1.43. The lowest BCUT2D eigenvalue weighted by atomic mass is 9.89. The fraction of sp³-hybridized carbons (Fsp3) is 0.900. The lowest BCUT2D eigenvalue weighted by Crippen LogP contribution is -2.33. The molecule has 0 aromatic rings. The minimum atomic E-state index is -0.199. The van der Waals surface area contributed by atoms with Gasteiger partial charge in [-0.05, 0) is 25.7 Å². The van der Waals surface area contributed by atoms with Crippen LogP contribution in [0.2, 0.25) is 0 Å². The van der Waals surface area contributed by atoms with Crippen LogP contribution in [0, 0.1) is 0 Å². The Hall–Kier alpha value is -0.340. The summed E-state index contributed by atoms with van der Waals surface area (Å²) < 4.78 is 11.6. The van der Waals surface area contributed by atoms with Crippen molar-refractivity contribution in [1.82, 2.24) is 0 Å². The van der Waals surface area contributed by atoms with Gasteiger partial charge >= 0.3 is 0 Å². The summed E-state index contributed by atoms with van der Waals surface area (Å²) >= 11 is 0. The summed E-state index contributed by atoms with van der Waals surface area (Å²) in [7, 11) is 0. The summed E-state index contributed by atoms with van der Waals surface area (Å²) in [5.74, 6) is -0.199. The molecule has 0 radical (unpaired) electrons. The van der Waals surface area contributed by atoms with Gasteiger partial charge in [0.1, 0.15) is 0 Å². The first-order chi connectivity index (χ1) is 10.8. The van der Waals surface area contributed by atoms with Crippen molar-refractivity contribution in [2.24, 2.45) is 0 Å². The number of ether oxygens (including phenoxy) is 2. The van der Waals surface area contributed by atoms with Crippen molar-refractivity contribution < 1.29 is 9.47 Å². The molecule has 2 heteroatoms. The van der Waals surface area contributed by atoms with E-state index in [0.29, 0.717) is 0 Å². The number of rotatable bonds is 10. The Bertz CT molecular complexity index is 304. The molecule has 2 aliphatic rings. The first-order valence-corrected chi connectivity index (χ1v) is 9.80. The second kappa shape index (κ2) is 10.4. The van der Waals surface area contributed by atoms with E-state index in [1.54, 1.807) is 5.57 Å². The molecule has 1 aliphatic heterocycles. The molecular weight excluding hydrogens is 272 g/mol. The van der Waals surface area contributed by atoms with E-state index < -0.39 is 0 Å². The van der Waals surface area contributed by atoms with Gasteiger partial charge in [-0.2, -0.15) is 0 Å². The van der Waals surface area contributed by atoms with Crippen molar-refractivity contribution in [3.63, 3.8) is 0 Å². The van der Waals surface area contributed by atoms with E-state index in [9.17, 15) is 0 Å². The van der Waals surface area contributed by atoms with Crippen LogP contribution in [0.25, 0.3) is 0 Å². The highest BCUT2D eigenvalue weighted by Crippen LogP contribution is 2.38. The molecule has 2 fully saturated rings. The van der Waals surface area contributed by atoms with Crippen molar-refractivity contribution in [2.75, 3.05) is 13.2 Å². The Kier molecular flexibility index (Phi) is 8.54. The van der Waals surface area contributed by atoms with Gasteiger partial charge in [0.05, 0.1) is 13.2 Å². The number of unbranched alkanes of at least 4 members (excludes halogenated alkanes) is 9. The maximum atomic E-state index is 5.79. The van der Waals surface area contributed by atoms with Crippen molar-refractivity contribution >= 4 is 0 Å². The molecule has 0 aromatic carbocycles. The van der Waals surface area contributed by atoms with E-state index in [1.165, 1.54) is 77.0 Å². The highest BCUT2D eigenvalue weighted by molar-refractivity contribution is 5.07. The largest absolute Gasteiger partial charge is 0.348 e. The monoisotopic (exact) mass is 308 g/mol. The van der Waals surface area contributed by atoms with Gasteiger partial charge in [-0.1, -0.05) is 69.9 Å². The second-order valence-electron chi connectivity index (χ2n) is 7.09. The molecule has 128 valence electrons. The van der Waals surface area contributed by atoms with Crippen LogP contribution in [0.15, 0.2) is 11.6 Å². The maximum Gasteiger partial charge on any atom is 0.169 e. The van der Waals surface area contributed by atoms with Crippen LogP contribution in [0.5, 0.6) is 0 Å². The summed E-state index contributed by atoms with van der Waals surface area (Å²) in [5.41, 5.74) is 1.64. The molecule has 0 unspecified atom stereocenters. The molecule has 0 atom stereocenters. The molecule has 0 amide bonds. The zero-order valence-corrected chi connectivity index (χ0v) is 14.7. The normalized spacial score (nSPS) is 20.7. The van der Waals surface area contributed by atoms with Crippen LogP contribution in [0.4, 0.5) is 0 Å². The zero-order chi connectivity index (χ0) is 15.5. The van der Waals surface area contributed by atoms with Crippen LogP contribution in [0.3, 0.4) is 0 Å². The summed E-state index contributed by atoms with van der Waals surface area (Å²) in [4.78, 5) is 0. The third kappa shape index (κ3) is 6.42. The van der Waals surface area contributed by atoms with Gasteiger partial charge in [0.2, 0.25) is 0 Å². The average molecular weight is 309 g/mol. The molecule has 1 spiro atoms. The van der Waals surface area contributed by atoms with Crippen molar-refractivity contribution in [3.8, 4) is 0 Å². The van der Waals surface area contributed by atoms with E-state index in [1.807, 2.05) is 0 Å². The van der Waals surface area contributed by atoms with Crippen molar-refractivity contribution in [1.29, 1.82) is 0 Å². The highest BCUT2D eigenvalue weighted by Gasteiger charge is 2.38. The molecule has 1 saturated carbocycles. The first kappa shape index (κ1) is 18.0. The number of hydrogen-bond acceptors (Lipinski definition) is 2. The molecule has 1 saturated heterocycles. The van der Waals surface area contributed by atoms with E-state index in [2.05, 4.69) is 13.0 Å². The smallest absolute Gasteiger partial charge is 0.169 e. The Morgan fingerprint density at radius 2 is 1.36 bits per heavy atom. The van der Waals surface area contributed by atoms with Crippen LogP contribution < -0.4 is 0 Å². The summed E-state index contributed by atoms with van der Waals surface area (Å²) in [6.07, 6.45) is 21.0. The Morgan fingerprint density at radius 1 is 0.818 bits per heavy atom. The third-order valence-corrected chi connectivity index (χ3v) is 5.21. The van der Waals surface area contributed by atoms with Crippen molar-refractivity contribution in [2.45, 2.75) is 103 Å². The lowest BCUT2D eigenvalue weighted by molar-refractivity contribution is -0.171. The van der Waals surface area contributed by atoms with Gasteiger partial charge in [-0.15, -0.1) is 0 Å². The molecule has 1 heterocycles. The van der Waals surface area contributed by atoms with Crippen LogP contribution in [-0.4, -0.2) is 19.0 Å². The average Bonchev–Trinajstić information content (AvgIpc) is 2.99. The van der Waals surface area contributed by atoms with Gasteiger partial charge in [-0.3, -0.25) is 0 Å². The van der Waals surface area contributed by atoms with Gasteiger partial charge < -0.3 is 9.47 Å². The molecule has 2 nitrogen and oxygen atoms in total. The van der Waals surface area contributed by atoms with E-state index >= 15 is 0 Å². The zero-order valence-electron chi connectivity index (χ0n) is 14.7. The fourth-order valence-corrected chi connectivity index (χ4v) is 3.70. The fourth-order valence-electron chi connectivity index (χ4n) is 3.70. The summed E-state index contributed by atoms with van der Waals surface area (Å²) in [6, 6.07) is 0. The molecule has 22 heavy (non-hydrogen) atoms. The highest BCUT2D eigenvalue weighted by atomic mass is 16.7. The molecule has 0 bridgehead atoms. The second-order valence-corrected chi connectivity index (χ2v) is 7.09. The predicted molar refractivity (Wildman–Crippen MR) is 93.0 cm³/mol. The summed E-state index contributed by atoms with van der Waals surface area (Å²) in [5, 5.41) is 0. The Morgan fingerprint density at radius 3 is 1.95 bits per heavy atom. The van der Waals surface area contributed by atoms with Crippen LogP contribution in [0.1, 0.15) is 96.8 Å². The topological polar surface area (TPSA) is 18.5 Å². The molecular formula is C20H36O2. The maximum absolute atomic E-state index is 5.79. The van der Waals surface area contributed by atoms with E-state index in [0.717, 1.165) is 26.1 Å². The summed E-state index contributed by atoms with van der Waals surface area (Å²) in [6.45, 7) is 3.86. The van der Waals surface area contributed by atoms with Crippen LogP contribution >= 0.6 is 0 Å². The van der Waals surface area contributed by atoms with Gasteiger partial charge in [0.25, 0.3) is 0 Å². The van der Waals surface area contributed by atoms with Crippen molar-refractivity contribution in [3.05, 3.63) is 11.6 Å². The lowest BCUT2D eigenvalue weighted by Gasteiger charge is -2.32. The molecule has 0 aromatic heterocycles. The third-order valence-electron chi connectivity index (χ3n) is 5.21. The molecule has 0 N–H and O–H groups in total. The van der Waals surface area contributed by atoms with E-state index in [-0.39, 0.29) is 5.79 Å². The minimum Gasteiger partial charge on any atom is -0.348 e. The van der Waals surface area contributed by atoms with Gasteiger partial charge in [0.15, 0.2) is 5.79 Å². The standard InChI is InChI=1S/C20H36O2/c1-2-3-4-5-6-7-8-9-10-11-12-19-13-15-20(16-14-19)21-17-18-22-20/h12H,2-11,13-18H2,1H3. The molecule has 2 rings (SSSR count). The van der Waals surface area contributed by atoms with Gasteiger partial charge in [-0.25, -0.2) is 0 Å². The minimum absolute atomic E-state index is 0.199. The predicted octanol–water partition coefficient (Wildman–Crippen LogP) is 6.15. The number of hydrogen-bond donors (Lipinski definition) is 0. The molecule has 1 aliphatic carbocycles. The van der Waals surface area contributed by atoms with Gasteiger partial charge in [0, 0.05) is 12.8 Å². The quantitative estimate of drug-likeness (QED) is 0.356. The van der Waals surface area contributed by atoms with E-state index in [4.69, 9.17) is 9.47 Å².